The summed E-state index contributed by atoms with van der Waals surface area (Å²) in [7, 11) is 0. The summed E-state index contributed by atoms with van der Waals surface area (Å²) in [5, 5.41) is 2.84. The highest BCUT2D eigenvalue weighted by Gasteiger charge is 2.05. The fraction of sp³-hybridized carbons (Fsp3) is 0.417. The quantitative estimate of drug-likeness (QED) is 0.790. The lowest BCUT2D eigenvalue weighted by Crippen LogP contribution is -2.28. The molecule has 1 unspecified atom stereocenters. The molecule has 1 amide bonds. The topological polar surface area (TPSA) is 55.1 Å². The summed E-state index contributed by atoms with van der Waals surface area (Å²) in [6.45, 7) is 0.634. The molecule has 0 radical (unpaired) electrons. The van der Waals surface area contributed by atoms with Crippen molar-refractivity contribution in [1.29, 1.82) is 0 Å². The van der Waals surface area contributed by atoms with Crippen LogP contribution in [0.4, 0.5) is 0 Å². The van der Waals surface area contributed by atoms with E-state index in [2.05, 4.69) is 5.32 Å². The van der Waals surface area contributed by atoms with E-state index in [0.29, 0.717) is 12.3 Å². The van der Waals surface area contributed by atoms with Gasteiger partial charge in [-0.3, -0.25) is 4.79 Å². The second kappa shape index (κ2) is 7.30. The van der Waals surface area contributed by atoms with Crippen LogP contribution in [0.2, 0.25) is 0 Å². The highest BCUT2D eigenvalue weighted by molar-refractivity contribution is 7.99. The number of hydrogen-bond acceptors (Lipinski definition) is 3. The molecule has 1 aromatic rings. The first kappa shape index (κ1) is 13.1. The summed E-state index contributed by atoms with van der Waals surface area (Å²) in [5.41, 5.74) is 7.11. The van der Waals surface area contributed by atoms with E-state index in [4.69, 9.17) is 5.73 Å². The zero-order valence-electron chi connectivity index (χ0n) is 9.48. The van der Waals surface area contributed by atoms with Gasteiger partial charge >= 0.3 is 0 Å². The Balaban J connectivity index is 2.26. The number of carbonyl (C=O) groups excluding carboxylic acids is 1. The minimum atomic E-state index is -0.00391. The van der Waals surface area contributed by atoms with Gasteiger partial charge in [-0.25, -0.2) is 0 Å². The molecule has 0 aliphatic heterocycles. The van der Waals surface area contributed by atoms with Crippen LogP contribution in [0.15, 0.2) is 30.3 Å². The first-order valence-corrected chi connectivity index (χ1v) is 6.69. The van der Waals surface area contributed by atoms with Crippen LogP contribution in [-0.2, 0) is 4.79 Å². The summed E-state index contributed by atoms with van der Waals surface area (Å²) in [6.07, 6.45) is 2.68. The minimum Gasteiger partial charge on any atom is -0.355 e. The number of nitrogens with one attached hydrogen (secondary N) is 1. The smallest absolute Gasteiger partial charge is 0.229 e. The molecule has 3 nitrogen and oxygen atoms in total. The maximum absolute atomic E-state index is 11.2. The van der Waals surface area contributed by atoms with Gasteiger partial charge in [0.2, 0.25) is 5.91 Å². The van der Waals surface area contributed by atoms with Crippen LogP contribution in [0.3, 0.4) is 0 Å². The average molecular weight is 238 g/mol. The Morgan fingerprint density at radius 1 is 1.44 bits per heavy atom. The van der Waals surface area contributed by atoms with Crippen LogP contribution in [0, 0.1) is 0 Å². The molecular weight excluding hydrogens is 220 g/mol. The van der Waals surface area contributed by atoms with Gasteiger partial charge in [0.25, 0.3) is 0 Å². The third-order valence-electron chi connectivity index (χ3n) is 2.28. The van der Waals surface area contributed by atoms with Gasteiger partial charge < -0.3 is 11.1 Å². The zero-order chi connectivity index (χ0) is 11.8. The van der Waals surface area contributed by atoms with Crippen molar-refractivity contribution in [2.24, 2.45) is 5.73 Å². The molecule has 16 heavy (non-hydrogen) atoms. The van der Waals surface area contributed by atoms with Crippen molar-refractivity contribution in [3.8, 4) is 0 Å². The SMILES string of the molecule is CSCC(=O)NCCC(N)c1ccccc1. The Morgan fingerprint density at radius 2 is 2.12 bits per heavy atom. The summed E-state index contributed by atoms with van der Waals surface area (Å²) < 4.78 is 0. The van der Waals surface area contributed by atoms with Crippen molar-refractivity contribution in [2.45, 2.75) is 12.5 Å². The number of rotatable bonds is 6. The third-order valence-corrected chi connectivity index (χ3v) is 2.83. The maximum atomic E-state index is 11.2. The van der Waals surface area contributed by atoms with E-state index in [0.717, 1.165) is 12.0 Å². The van der Waals surface area contributed by atoms with Gasteiger partial charge in [0, 0.05) is 12.6 Å². The van der Waals surface area contributed by atoms with E-state index in [1.165, 1.54) is 11.8 Å². The highest BCUT2D eigenvalue weighted by atomic mass is 32.2. The summed E-state index contributed by atoms with van der Waals surface area (Å²) in [6, 6.07) is 9.93. The molecule has 0 fully saturated rings. The Bertz CT molecular complexity index is 316. The van der Waals surface area contributed by atoms with Crippen LogP contribution < -0.4 is 11.1 Å². The van der Waals surface area contributed by atoms with E-state index in [1.54, 1.807) is 0 Å². The van der Waals surface area contributed by atoms with Crippen molar-refractivity contribution in [2.75, 3.05) is 18.6 Å². The Morgan fingerprint density at radius 3 is 2.75 bits per heavy atom. The van der Waals surface area contributed by atoms with Gasteiger partial charge in [-0.15, -0.1) is 0 Å². The van der Waals surface area contributed by atoms with Gasteiger partial charge in [0.15, 0.2) is 0 Å². The molecule has 1 aromatic carbocycles. The van der Waals surface area contributed by atoms with Gasteiger partial charge in [-0.2, -0.15) is 11.8 Å². The molecule has 0 heterocycles. The second-order valence-corrected chi connectivity index (χ2v) is 4.45. The van der Waals surface area contributed by atoms with Gasteiger partial charge in [-0.05, 0) is 18.2 Å². The van der Waals surface area contributed by atoms with E-state index in [9.17, 15) is 4.79 Å². The maximum Gasteiger partial charge on any atom is 0.229 e. The number of thioether (sulfide) groups is 1. The normalized spacial score (nSPS) is 12.1. The summed E-state index contributed by atoms with van der Waals surface area (Å²) >= 11 is 1.52. The fourth-order valence-corrected chi connectivity index (χ4v) is 1.78. The molecule has 88 valence electrons. The standard InChI is InChI=1S/C12H18N2OS/c1-16-9-12(15)14-8-7-11(13)10-5-3-2-4-6-10/h2-6,11H,7-9,13H2,1H3,(H,14,15). The Labute approximate surface area is 101 Å². The molecule has 0 saturated heterocycles. The molecule has 1 atom stereocenters. The molecule has 0 aliphatic rings. The average Bonchev–Trinajstić information content (AvgIpc) is 2.30. The first-order chi connectivity index (χ1) is 7.74. The van der Waals surface area contributed by atoms with Crippen LogP contribution >= 0.6 is 11.8 Å². The highest BCUT2D eigenvalue weighted by Crippen LogP contribution is 2.12. The monoisotopic (exact) mass is 238 g/mol. The number of hydrogen-bond donors (Lipinski definition) is 2. The molecule has 0 aromatic heterocycles. The van der Waals surface area contributed by atoms with Crippen LogP contribution in [0.25, 0.3) is 0 Å². The van der Waals surface area contributed by atoms with E-state index >= 15 is 0 Å². The van der Waals surface area contributed by atoms with Crippen molar-refractivity contribution in [3.63, 3.8) is 0 Å². The Hall–Kier alpha value is -1.00. The summed E-state index contributed by atoms with van der Waals surface area (Å²) in [5.74, 6) is 0.591. The van der Waals surface area contributed by atoms with Crippen molar-refractivity contribution in [3.05, 3.63) is 35.9 Å². The second-order valence-electron chi connectivity index (χ2n) is 3.59. The molecule has 0 aliphatic carbocycles. The Kier molecular flexibility index (Phi) is 5.96. The molecule has 1 rings (SSSR count). The van der Waals surface area contributed by atoms with Crippen LogP contribution in [-0.4, -0.2) is 24.5 Å². The molecule has 4 heteroatoms. The molecular formula is C12H18N2OS. The molecule has 0 bridgehead atoms. The number of nitrogens with two attached hydrogens (primary N) is 1. The van der Waals surface area contributed by atoms with E-state index in [-0.39, 0.29) is 11.9 Å². The van der Waals surface area contributed by atoms with Crippen molar-refractivity contribution in [1.82, 2.24) is 5.32 Å². The van der Waals surface area contributed by atoms with E-state index in [1.807, 2.05) is 36.6 Å². The lowest BCUT2D eigenvalue weighted by atomic mass is 10.1. The lowest BCUT2D eigenvalue weighted by Gasteiger charge is -2.12. The van der Waals surface area contributed by atoms with Crippen LogP contribution in [0.1, 0.15) is 18.0 Å². The zero-order valence-corrected chi connectivity index (χ0v) is 10.3. The third kappa shape index (κ3) is 4.68. The largest absolute Gasteiger partial charge is 0.355 e. The van der Waals surface area contributed by atoms with Gasteiger partial charge in [-0.1, -0.05) is 30.3 Å². The molecule has 0 saturated carbocycles. The predicted molar refractivity (Wildman–Crippen MR) is 69.4 cm³/mol. The fourth-order valence-electron chi connectivity index (χ4n) is 1.42. The minimum absolute atomic E-state index is 0.00391. The molecule has 3 N–H and O–H groups in total. The lowest BCUT2D eigenvalue weighted by molar-refractivity contribution is -0.118. The number of amides is 1. The number of benzene rings is 1. The summed E-state index contributed by atoms with van der Waals surface area (Å²) in [4.78, 5) is 11.2. The predicted octanol–water partition coefficient (Wildman–Crippen LogP) is 1.56. The first-order valence-electron chi connectivity index (χ1n) is 5.30. The van der Waals surface area contributed by atoms with Crippen molar-refractivity contribution >= 4 is 17.7 Å². The van der Waals surface area contributed by atoms with Crippen molar-refractivity contribution < 1.29 is 4.79 Å². The van der Waals surface area contributed by atoms with Gasteiger partial charge in [0.05, 0.1) is 5.75 Å². The van der Waals surface area contributed by atoms with Crippen LogP contribution in [0.5, 0.6) is 0 Å². The van der Waals surface area contributed by atoms with E-state index < -0.39 is 0 Å². The van der Waals surface area contributed by atoms with Gasteiger partial charge in [0.1, 0.15) is 0 Å². The number of carbonyl (C=O) groups is 1. The molecule has 0 spiro atoms.